The summed E-state index contributed by atoms with van der Waals surface area (Å²) in [6, 6.07) is 14.6. The van der Waals surface area contributed by atoms with E-state index in [1.54, 1.807) is 24.1 Å². The molecule has 2 unspecified atom stereocenters. The number of hydrogen-bond donors (Lipinski definition) is 1. The highest BCUT2D eigenvalue weighted by Gasteiger charge is 2.33. The van der Waals surface area contributed by atoms with Crippen molar-refractivity contribution in [2.45, 2.75) is 38.6 Å². The van der Waals surface area contributed by atoms with Crippen molar-refractivity contribution in [3.8, 4) is 0 Å². The van der Waals surface area contributed by atoms with Gasteiger partial charge in [-0.2, -0.15) is 0 Å². The highest BCUT2D eigenvalue weighted by molar-refractivity contribution is 6.30. The molecule has 1 aromatic heterocycles. The van der Waals surface area contributed by atoms with Crippen molar-refractivity contribution >= 4 is 40.1 Å². The van der Waals surface area contributed by atoms with E-state index < -0.39 is 12.0 Å². The largest absolute Gasteiger partial charge is 0.480 e. The van der Waals surface area contributed by atoms with Gasteiger partial charge in [0.15, 0.2) is 0 Å². The van der Waals surface area contributed by atoms with Gasteiger partial charge in [0, 0.05) is 40.3 Å². The Morgan fingerprint density at radius 3 is 2.57 bits per heavy atom. The van der Waals surface area contributed by atoms with E-state index in [2.05, 4.69) is 0 Å². The first-order valence-electron chi connectivity index (χ1n) is 10.3. The van der Waals surface area contributed by atoms with Crippen molar-refractivity contribution in [2.24, 2.45) is 5.92 Å². The maximum atomic E-state index is 13.2. The van der Waals surface area contributed by atoms with Gasteiger partial charge < -0.3 is 14.6 Å². The normalized spacial score (nSPS) is 16.8. The average molecular weight is 425 g/mol. The monoisotopic (exact) mass is 424 g/mol. The van der Waals surface area contributed by atoms with Gasteiger partial charge in [-0.15, -0.1) is 0 Å². The van der Waals surface area contributed by atoms with E-state index in [1.165, 1.54) is 0 Å². The van der Waals surface area contributed by atoms with E-state index in [9.17, 15) is 14.7 Å². The van der Waals surface area contributed by atoms with E-state index in [0.29, 0.717) is 30.7 Å². The van der Waals surface area contributed by atoms with Crippen molar-refractivity contribution in [1.29, 1.82) is 0 Å². The summed E-state index contributed by atoms with van der Waals surface area (Å²) in [6.07, 6.45) is 2.53. The van der Waals surface area contributed by atoms with Crippen LogP contribution in [0.4, 0.5) is 5.69 Å². The second-order valence-corrected chi connectivity index (χ2v) is 8.32. The number of fused-ring (bicyclic) bond motifs is 3. The molecule has 1 aliphatic carbocycles. The van der Waals surface area contributed by atoms with Crippen LogP contribution in [0.3, 0.4) is 0 Å². The van der Waals surface area contributed by atoms with E-state index in [4.69, 9.17) is 11.6 Å². The molecule has 30 heavy (non-hydrogen) atoms. The zero-order valence-corrected chi connectivity index (χ0v) is 17.9. The molecule has 0 bridgehead atoms. The molecule has 1 amide bonds. The number of para-hydroxylation sites is 1. The van der Waals surface area contributed by atoms with Gasteiger partial charge in [-0.1, -0.05) is 36.7 Å². The van der Waals surface area contributed by atoms with Gasteiger partial charge in [-0.25, -0.2) is 4.79 Å². The number of anilines is 1. The van der Waals surface area contributed by atoms with Gasteiger partial charge in [0.05, 0.1) is 0 Å². The molecule has 0 saturated carbocycles. The summed E-state index contributed by atoms with van der Waals surface area (Å²) in [5.41, 5.74) is 3.92. The summed E-state index contributed by atoms with van der Waals surface area (Å²) < 4.78 is 1.98. The number of aliphatic carboxylic acids is 1. The Kier molecular flexibility index (Phi) is 5.56. The standard InChI is InChI=1S/C24H25ClN2O3/c1-3-20(24(29)30)27-21-7-5-4-6-18(21)19-14-15(8-13-22(19)27)23(28)26(2)17-11-9-16(25)10-12-17/h4-7,9-12,15,20H,3,8,13-14H2,1-2H3,(H,29,30). The molecule has 0 radical (unpaired) electrons. The van der Waals surface area contributed by atoms with Crippen LogP contribution in [0.15, 0.2) is 48.5 Å². The minimum atomic E-state index is -0.818. The number of carboxylic acid groups (broad SMARTS) is 1. The molecule has 0 aliphatic heterocycles. The molecule has 0 fully saturated rings. The van der Waals surface area contributed by atoms with E-state index in [0.717, 1.165) is 27.8 Å². The fourth-order valence-electron chi connectivity index (χ4n) is 4.64. The lowest BCUT2D eigenvalue weighted by molar-refractivity contribution is -0.141. The number of aromatic nitrogens is 1. The van der Waals surface area contributed by atoms with Gasteiger partial charge in [0.2, 0.25) is 5.91 Å². The minimum absolute atomic E-state index is 0.0741. The molecule has 1 aliphatic rings. The maximum absolute atomic E-state index is 13.2. The Labute approximate surface area is 180 Å². The number of halogens is 1. The maximum Gasteiger partial charge on any atom is 0.326 e. The van der Waals surface area contributed by atoms with Crippen LogP contribution in [-0.4, -0.2) is 28.6 Å². The van der Waals surface area contributed by atoms with Crippen LogP contribution in [0.25, 0.3) is 10.9 Å². The van der Waals surface area contributed by atoms with Gasteiger partial charge in [-0.3, -0.25) is 4.79 Å². The van der Waals surface area contributed by atoms with Crippen LogP contribution < -0.4 is 4.90 Å². The molecule has 2 atom stereocenters. The van der Waals surface area contributed by atoms with Crippen LogP contribution >= 0.6 is 11.6 Å². The summed E-state index contributed by atoms with van der Waals surface area (Å²) in [5, 5.41) is 11.5. The highest BCUT2D eigenvalue weighted by Crippen LogP contribution is 2.38. The third-order valence-electron chi connectivity index (χ3n) is 6.19. The number of amides is 1. The van der Waals surface area contributed by atoms with Gasteiger partial charge in [0.1, 0.15) is 6.04 Å². The summed E-state index contributed by atoms with van der Waals surface area (Å²) in [4.78, 5) is 26.8. The Morgan fingerprint density at radius 1 is 1.20 bits per heavy atom. The van der Waals surface area contributed by atoms with E-state index in [-0.39, 0.29) is 11.8 Å². The first kappa shape index (κ1) is 20.5. The van der Waals surface area contributed by atoms with Crippen LogP contribution in [0.2, 0.25) is 5.02 Å². The summed E-state index contributed by atoms with van der Waals surface area (Å²) in [6.45, 7) is 1.90. The predicted octanol–water partition coefficient (Wildman–Crippen LogP) is 5.10. The second-order valence-electron chi connectivity index (χ2n) is 7.89. The molecule has 0 spiro atoms. The average Bonchev–Trinajstić information content (AvgIpc) is 3.07. The second kappa shape index (κ2) is 8.15. The molecule has 156 valence electrons. The predicted molar refractivity (Wildman–Crippen MR) is 119 cm³/mol. The quantitative estimate of drug-likeness (QED) is 0.619. The van der Waals surface area contributed by atoms with Gasteiger partial charge in [-0.05, 0) is 61.6 Å². The molecular weight excluding hydrogens is 400 g/mol. The van der Waals surface area contributed by atoms with Crippen LogP contribution in [-0.2, 0) is 22.4 Å². The Balaban J connectivity index is 1.69. The summed E-state index contributed by atoms with van der Waals surface area (Å²) in [7, 11) is 1.79. The van der Waals surface area contributed by atoms with Crippen LogP contribution in [0, 0.1) is 5.92 Å². The van der Waals surface area contributed by atoms with Crippen molar-refractivity contribution < 1.29 is 14.7 Å². The van der Waals surface area contributed by atoms with Gasteiger partial charge >= 0.3 is 5.97 Å². The third-order valence-corrected chi connectivity index (χ3v) is 6.44. The van der Waals surface area contributed by atoms with Crippen molar-refractivity contribution in [1.82, 2.24) is 4.57 Å². The first-order valence-corrected chi connectivity index (χ1v) is 10.7. The lowest BCUT2D eigenvalue weighted by Crippen LogP contribution is -2.36. The smallest absolute Gasteiger partial charge is 0.326 e. The summed E-state index contributed by atoms with van der Waals surface area (Å²) in [5.74, 6) is -0.880. The lowest BCUT2D eigenvalue weighted by Gasteiger charge is -2.28. The van der Waals surface area contributed by atoms with Crippen molar-refractivity contribution in [3.63, 3.8) is 0 Å². The van der Waals surface area contributed by atoms with E-state index >= 15 is 0 Å². The molecule has 0 saturated heterocycles. The molecule has 4 rings (SSSR count). The van der Waals surface area contributed by atoms with Crippen molar-refractivity contribution in [3.05, 3.63) is 64.8 Å². The first-order chi connectivity index (χ1) is 14.4. The number of carbonyl (C=O) groups excluding carboxylic acids is 1. The lowest BCUT2D eigenvalue weighted by atomic mass is 9.85. The number of nitrogens with zero attached hydrogens (tertiary/aromatic N) is 2. The zero-order valence-electron chi connectivity index (χ0n) is 17.1. The Hall–Kier alpha value is -2.79. The topological polar surface area (TPSA) is 62.5 Å². The number of benzene rings is 2. The number of hydrogen-bond acceptors (Lipinski definition) is 2. The molecule has 5 nitrogen and oxygen atoms in total. The number of carboxylic acids is 1. The Bertz CT molecular complexity index is 1100. The fraction of sp³-hybridized carbons (Fsp3) is 0.333. The van der Waals surface area contributed by atoms with Crippen LogP contribution in [0.1, 0.15) is 37.1 Å². The highest BCUT2D eigenvalue weighted by atomic mass is 35.5. The summed E-state index contributed by atoms with van der Waals surface area (Å²) >= 11 is 5.97. The molecule has 3 aromatic rings. The number of rotatable bonds is 5. The molecule has 6 heteroatoms. The van der Waals surface area contributed by atoms with Crippen LogP contribution in [0.5, 0.6) is 0 Å². The van der Waals surface area contributed by atoms with E-state index in [1.807, 2.05) is 47.9 Å². The van der Waals surface area contributed by atoms with Gasteiger partial charge in [0.25, 0.3) is 0 Å². The SMILES string of the molecule is CCC(C(=O)O)n1c2c(c3ccccc31)CC(C(=O)N(C)c1ccc(Cl)cc1)CC2. The zero-order chi connectivity index (χ0) is 21.4. The molecule has 2 aromatic carbocycles. The molecular formula is C24H25ClN2O3. The number of carbonyl (C=O) groups is 2. The fourth-order valence-corrected chi connectivity index (χ4v) is 4.77. The minimum Gasteiger partial charge on any atom is -0.480 e. The molecule has 1 N–H and O–H groups in total. The third kappa shape index (κ3) is 3.47. The molecule has 1 heterocycles. The Morgan fingerprint density at radius 2 is 1.90 bits per heavy atom. The van der Waals surface area contributed by atoms with Crippen molar-refractivity contribution in [2.75, 3.05) is 11.9 Å².